The van der Waals surface area contributed by atoms with E-state index < -0.39 is 11.7 Å². The van der Waals surface area contributed by atoms with E-state index in [0.29, 0.717) is 16.1 Å². The summed E-state index contributed by atoms with van der Waals surface area (Å²) in [6.07, 6.45) is 3.93. The van der Waals surface area contributed by atoms with Crippen molar-refractivity contribution in [2.24, 2.45) is 4.99 Å². The minimum atomic E-state index is -0.539. The third kappa shape index (κ3) is 3.70. The van der Waals surface area contributed by atoms with E-state index in [9.17, 15) is 14.4 Å². The standard InChI is InChI=1S/C25H18FN3O2S/c26-19-9-3-4-10-20(19)28-23(30)17-13-15-7-1-5-11-21(15)31-24(17)29-25-18(14-27)16-8-2-6-12-22(16)32-25/h1,3-5,7,9-11,13H,2,6,8,12H2,(H,28,30)/b29-24-. The molecule has 2 aromatic carbocycles. The fourth-order valence-corrected chi connectivity index (χ4v) is 5.11. The topological polar surface area (TPSA) is 78.4 Å². The van der Waals surface area contributed by atoms with Gasteiger partial charge in [0.15, 0.2) is 0 Å². The molecule has 5 rings (SSSR count). The van der Waals surface area contributed by atoms with Crippen molar-refractivity contribution in [3.05, 3.63) is 87.5 Å². The van der Waals surface area contributed by atoms with Gasteiger partial charge in [0, 0.05) is 10.3 Å². The Hall–Kier alpha value is -3.76. The second-order valence-corrected chi connectivity index (χ2v) is 8.64. The lowest BCUT2D eigenvalue weighted by atomic mass is 9.96. The van der Waals surface area contributed by atoms with Gasteiger partial charge in [-0.2, -0.15) is 5.26 Å². The van der Waals surface area contributed by atoms with Gasteiger partial charge >= 0.3 is 0 Å². The highest BCUT2D eigenvalue weighted by Gasteiger charge is 2.21. The highest BCUT2D eigenvalue weighted by atomic mass is 32.1. The zero-order chi connectivity index (χ0) is 22.1. The Balaban J connectivity index is 1.67. The van der Waals surface area contributed by atoms with E-state index in [4.69, 9.17) is 4.42 Å². The van der Waals surface area contributed by atoms with E-state index in [1.165, 1.54) is 28.3 Å². The number of nitrogens with zero attached hydrogens (tertiary/aromatic N) is 2. The quantitative estimate of drug-likeness (QED) is 0.430. The summed E-state index contributed by atoms with van der Waals surface area (Å²) in [5.41, 5.74) is 2.50. The largest absolute Gasteiger partial charge is 0.437 e. The molecule has 1 amide bonds. The zero-order valence-corrected chi connectivity index (χ0v) is 17.8. The maximum atomic E-state index is 14.1. The fraction of sp³-hybridized carbons (Fsp3) is 0.160. The normalized spacial score (nSPS) is 13.6. The molecule has 0 bridgehead atoms. The molecule has 4 aromatic rings. The average molecular weight is 444 g/mol. The summed E-state index contributed by atoms with van der Waals surface area (Å²) in [6, 6.07) is 17.2. The van der Waals surface area contributed by atoms with Crippen LogP contribution in [0, 0.1) is 17.1 Å². The van der Waals surface area contributed by atoms with E-state index in [-0.39, 0.29) is 16.8 Å². The van der Waals surface area contributed by atoms with Crippen LogP contribution in [0.4, 0.5) is 15.1 Å². The van der Waals surface area contributed by atoms with Gasteiger partial charge in [-0.05, 0) is 55.5 Å². The molecule has 1 aliphatic carbocycles. The molecule has 0 radical (unpaired) electrons. The van der Waals surface area contributed by atoms with E-state index in [1.807, 2.05) is 18.2 Å². The molecule has 2 aromatic heterocycles. The number of anilines is 1. The minimum Gasteiger partial charge on any atom is -0.437 e. The number of carbonyl (C=O) groups is 1. The first-order chi connectivity index (χ1) is 15.6. The Morgan fingerprint density at radius 2 is 1.91 bits per heavy atom. The summed E-state index contributed by atoms with van der Waals surface area (Å²) < 4.78 is 20.1. The average Bonchev–Trinajstić information content (AvgIpc) is 3.17. The molecular formula is C25H18FN3O2S. The first kappa shape index (κ1) is 20.2. The van der Waals surface area contributed by atoms with Crippen LogP contribution in [-0.4, -0.2) is 5.91 Å². The molecule has 2 heterocycles. The molecule has 0 unspecified atom stereocenters. The van der Waals surface area contributed by atoms with Crippen LogP contribution in [0.2, 0.25) is 0 Å². The Morgan fingerprint density at radius 3 is 2.75 bits per heavy atom. The van der Waals surface area contributed by atoms with Crippen LogP contribution < -0.4 is 10.9 Å². The molecule has 0 spiro atoms. The molecule has 0 atom stereocenters. The number of hydrogen-bond acceptors (Lipinski definition) is 5. The number of amides is 1. The second kappa shape index (κ2) is 8.40. The summed E-state index contributed by atoms with van der Waals surface area (Å²) >= 11 is 1.47. The van der Waals surface area contributed by atoms with Crippen LogP contribution in [0.5, 0.6) is 0 Å². The minimum absolute atomic E-state index is 0.0703. The maximum Gasteiger partial charge on any atom is 0.261 e. The van der Waals surface area contributed by atoms with Gasteiger partial charge in [0.1, 0.15) is 28.0 Å². The molecule has 1 N–H and O–H groups in total. The predicted octanol–water partition coefficient (Wildman–Crippen LogP) is 5.87. The van der Waals surface area contributed by atoms with Gasteiger partial charge in [0.25, 0.3) is 5.91 Å². The number of nitriles is 1. The summed E-state index contributed by atoms with van der Waals surface area (Å²) in [4.78, 5) is 18.9. The number of rotatable bonds is 3. The van der Waals surface area contributed by atoms with E-state index in [2.05, 4.69) is 16.4 Å². The first-order valence-electron chi connectivity index (χ1n) is 10.3. The van der Waals surface area contributed by atoms with Crippen LogP contribution in [0.25, 0.3) is 11.0 Å². The summed E-state index contributed by atoms with van der Waals surface area (Å²) in [5, 5.41) is 13.6. The van der Waals surface area contributed by atoms with Gasteiger partial charge in [0.2, 0.25) is 5.55 Å². The van der Waals surface area contributed by atoms with Gasteiger partial charge in [-0.25, -0.2) is 9.38 Å². The lowest BCUT2D eigenvalue weighted by Gasteiger charge is -2.09. The Morgan fingerprint density at radius 1 is 1.12 bits per heavy atom. The van der Waals surface area contributed by atoms with Crippen LogP contribution >= 0.6 is 11.3 Å². The molecule has 0 saturated carbocycles. The number of aryl methyl sites for hydroxylation is 1. The Bertz CT molecular complexity index is 1460. The fourth-order valence-electron chi connectivity index (χ4n) is 3.90. The van der Waals surface area contributed by atoms with Crippen molar-refractivity contribution < 1.29 is 13.6 Å². The molecule has 158 valence electrons. The van der Waals surface area contributed by atoms with Crippen LogP contribution in [-0.2, 0) is 12.8 Å². The van der Waals surface area contributed by atoms with Gasteiger partial charge in [0.05, 0.1) is 11.3 Å². The van der Waals surface area contributed by atoms with Crippen LogP contribution in [0.15, 0.2) is 64.0 Å². The SMILES string of the molecule is N#Cc1c(/N=c2\oc3ccccc3cc2C(=O)Nc2ccccc2F)sc2c1CCCC2. The van der Waals surface area contributed by atoms with Crippen molar-refractivity contribution in [2.45, 2.75) is 25.7 Å². The predicted molar refractivity (Wildman–Crippen MR) is 121 cm³/mol. The number of nitrogens with one attached hydrogen (secondary N) is 1. The van der Waals surface area contributed by atoms with Crippen LogP contribution in [0.1, 0.15) is 39.2 Å². The van der Waals surface area contributed by atoms with Crippen molar-refractivity contribution >= 4 is 38.9 Å². The molecule has 0 saturated heterocycles. The van der Waals surface area contributed by atoms with Crippen molar-refractivity contribution in [1.82, 2.24) is 0 Å². The number of halogens is 1. The van der Waals surface area contributed by atoms with Crippen molar-refractivity contribution in [1.29, 1.82) is 5.26 Å². The molecule has 32 heavy (non-hydrogen) atoms. The molecule has 0 fully saturated rings. The third-order valence-electron chi connectivity index (χ3n) is 5.49. The number of thiophene rings is 1. The molecule has 7 heteroatoms. The Labute approximate surface area is 187 Å². The highest BCUT2D eigenvalue weighted by molar-refractivity contribution is 7.16. The second-order valence-electron chi connectivity index (χ2n) is 7.55. The number of para-hydroxylation sites is 2. The number of hydrogen-bond donors (Lipinski definition) is 1. The lowest BCUT2D eigenvalue weighted by molar-refractivity contribution is 0.102. The van der Waals surface area contributed by atoms with E-state index >= 15 is 0 Å². The molecular weight excluding hydrogens is 425 g/mol. The summed E-state index contributed by atoms with van der Waals surface area (Å²) in [6.45, 7) is 0. The summed E-state index contributed by atoms with van der Waals surface area (Å²) in [5.74, 6) is -1.07. The van der Waals surface area contributed by atoms with Gasteiger partial charge in [-0.1, -0.05) is 30.3 Å². The van der Waals surface area contributed by atoms with Gasteiger partial charge < -0.3 is 9.73 Å². The maximum absolute atomic E-state index is 14.1. The van der Waals surface area contributed by atoms with Crippen LogP contribution in [0.3, 0.4) is 0 Å². The van der Waals surface area contributed by atoms with E-state index in [1.54, 1.807) is 24.3 Å². The number of carbonyl (C=O) groups excluding carboxylic acids is 1. The first-order valence-corrected chi connectivity index (χ1v) is 11.1. The zero-order valence-electron chi connectivity index (χ0n) is 17.0. The highest BCUT2D eigenvalue weighted by Crippen LogP contribution is 2.39. The van der Waals surface area contributed by atoms with Crippen molar-refractivity contribution in [3.63, 3.8) is 0 Å². The van der Waals surface area contributed by atoms with Crippen molar-refractivity contribution in [3.8, 4) is 6.07 Å². The Kier molecular flexibility index (Phi) is 5.29. The number of benzene rings is 2. The molecule has 0 aliphatic heterocycles. The smallest absolute Gasteiger partial charge is 0.261 e. The van der Waals surface area contributed by atoms with Gasteiger partial charge in [-0.3, -0.25) is 4.79 Å². The monoisotopic (exact) mass is 443 g/mol. The number of fused-ring (bicyclic) bond motifs is 2. The van der Waals surface area contributed by atoms with Crippen molar-refractivity contribution in [2.75, 3.05) is 5.32 Å². The lowest BCUT2D eigenvalue weighted by Crippen LogP contribution is -2.22. The van der Waals surface area contributed by atoms with Gasteiger partial charge in [-0.15, -0.1) is 11.3 Å². The third-order valence-corrected chi connectivity index (χ3v) is 6.68. The molecule has 1 aliphatic rings. The molecule has 5 nitrogen and oxygen atoms in total. The summed E-state index contributed by atoms with van der Waals surface area (Å²) in [7, 11) is 0. The van der Waals surface area contributed by atoms with E-state index in [0.717, 1.165) is 36.6 Å².